The van der Waals surface area contributed by atoms with Gasteiger partial charge < -0.3 is 20.1 Å². The van der Waals surface area contributed by atoms with Crippen LogP contribution in [0.15, 0.2) is 36.5 Å². The van der Waals surface area contributed by atoms with Crippen LogP contribution < -0.4 is 20.1 Å². The molecule has 0 atom stereocenters. The van der Waals surface area contributed by atoms with Crippen molar-refractivity contribution in [2.45, 2.75) is 44.6 Å². The number of amides is 1. The molecule has 0 aliphatic heterocycles. The van der Waals surface area contributed by atoms with Crippen LogP contribution in [0.5, 0.6) is 11.5 Å². The molecule has 1 aromatic carbocycles. The standard InChI is InChI=1S/C21H27N3O3/c1-26-18-11-10-17(13-19(18)27-2)24-21(25)15-9-12-20(22-14-15)23-16-7-5-3-4-6-8-16/h9-14,16H,3-8H2,1-2H3,(H,22,23)(H,24,25). The van der Waals surface area contributed by atoms with Crippen LogP contribution in [0.4, 0.5) is 11.5 Å². The van der Waals surface area contributed by atoms with Gasteiger partial charge in [0.25, 0.3) is 5.91 Å². The number of ether oxygens (including phenoxy) is 2. The van der Waals surface area contributed by atoms with Crippen molar-refractivity contribution in [3.63, 3.8) is 0 Å². The lowest BCUT2D eigenvalue weighted by Crippen LogP contribution is -2.19. The number of aromatic nitrogens is 1. The molecule has 6 nitrogen and oxygen atoms in total. The Hall–Kier alpha value is -2.76. The van der Waals surface area contributed by atoms with E-state index in [0.29, 0.717) is 28.8 Å². The number of pyridine rings is 1. The Morgan fingerprint density at radius 1 is 1.00 bits per heavy atom. The van der Waals surface area contributed by atoms with Gasteiger partial charge >= 0.3 is 0 Å². The van der Waals surface area contributed by atoms with Crippen molar-refractivity contribution in [3.8, 4) is 11.5 Å². The summed E-state index contributed by atoms with van der Waals surface area (Å²) in [6.07, 6.45) is 9.15. The van der Waals surface area contributed by atoms with Crippen LogP contribution in [0.1, 0.15) is 48.9 Å². The van der Waals surface area contributed by atoms with E-state index >= 15 is 0 Å². The van der Waals surface area contributed by atoms with Crippen LogP contribution in [0.2, 0.25) is 0 Å². The van der Waals surface area contributed by atoms with Gasteiger partial charge in [-0.2, -0.15) is 0 Å². The van der Waals surface area contributed by atoms with Gasteiger partial charge in [0.1, 0.15) is 5.82 Å². The predicted molar refractivity (Wildman–Crippen MR) is 107 cm³/mol. The van der Waals surface area contributed by atoms with E-state index in [1.54, 1.807) is 44.7 Å². The minimum absolute atomic E-state index is 0.212. The summed E-state index contributed by atoms with van der Waals surface area (Å²) >= 11 is 0. The number of carbonyl (C=O) groups excluding carboxylic acids is 1. The molecule has 0 unspecified atom stereocenters. The maximum absolute atomic E-state index is 12.5. The molecule has 1 amide bonds. The Labute approximate surface area is 160 Å². The summed E-state index contributed by atoms with van der Waals surface area (Å²) < 4.78 is 10.5. The lowest BCUT2D eigenvalue weighted by molar-refractivity contribution is 0.102. The fourth-order valence-corrected chi connectivity index (χ4v) is 3.36. The Morgan fingerprint density at radius 3 is 2.37 bits per heavy atom. The van der Waals surface area contributed by atoms with Crippen molar-refractivity contribution in [2.75, 3.05) is 24.9 Å². The number of carbonyl (C=O) groups is 1. The first-order valence-electron chi connectivity index (χ1n) is 9.45. The Bertz CT molecular complexity index is 754. The maximum Gasteiger partial charge on any atom is 0.257 e. The number of anilines is 2. The molecule has 1 heterocycles. The molecule has 2 aromatic rings. The van der Waals surface area contributed by atoms with Crippen molar-refractivity contribution in [1.82, 2.24) is 4.98 Å². The summed E-state index contributed by atoms with van der Waals surface area (Å²) in [5.74, 6) is 1.79. The summed E-state index contributed by atoms with van der Waals surface area (Å²) in [4.78, 5) is 16.9. The minimum Gasteiger partial charge on any atom is -0.493 e. The Morgan fingerprint density at radius 2 is 1.74 bits per heavy atom. The molecule has 6 heteroatoms. The second-order valence-electron chi connectivity index (χ2n) is 6.79. The third kappa shape index (κ3) is 5.12. The number of rotatable bonds is 6. The fraction of sp³-hybridized carbons (Fsp3) is 0.429. The molecular weight excluding hydrogens is 342 g/mol. The van der Waals surface area contributed by atoms with Gasteiger partial charge in [-0.05, 0) is 37.1 Å². The molecular formula is C21H27N3O3. The van der Waals surface area contributed by atoms with Gasteiger partial charge in [-0.1, -0.05) is 25.7 Å². The molecule has 1 aliphatic carbocycles. The Kier molecular flexibility index (Phi) is 6.52. The quantitative estimate of drug-likeness (QED) is 0.734. The highest BCUT2D eigenvalue weighted by molar-refractivity contribution is 6.04. The van der Waals surface area contributed by atoms with Gasteiger partial charge in [-0.3, -0.25) is 4.79 Å². The molecule has 1 saturated carbocycles. The van der Waals surface area contributed by atoms with Gasteiger partial charge in [-0.25, -0.2) is 4.98 Å². The molecule has 0 bridgehead atoms. The van der Waals surface area contributed by atoms with Gasteiger partial charge in [0, 0.05) is 24.0 Å². The molecule has 1 aromatic heterocycles. The summed E-state index contributed by atoms with van der Waals surface area (Å²) in [6, 6.07) is 9.40. The van der Waals surface area contributed by atoms with Gasteiger partial charge in [0.15, 0.2) is 11.5 Å². The first kappa shape index (κ1) is 19.0. The normalized spacial score (nSPS) is 14.9. The number of hydrogen-bond acceptors (Lipinski definition) is 5. The Balaban J connectivity index is 1.61. The molecule has 144 valence electrons. The monoisotopic (exact) mass is 369 g/mol. The first-order chi connectivity index (χ1) is 13.2. The highest BCUT2D eigenvalue weighted by Gasteiger charge is 2.13. The highest BCUT2D eigenvalue weighted by atomic mass is 16.5. The number of nitrogens with one attached hydrogen (secondary N) is 2. The number of nitrogens with zero attached hydrogens (tertiary/aromatic N) is 1. The lowest BCUT2D eigenvalue weighted by Gasteiger charge is -2.17. The third-order valence-corrected chi connectivity index (χ3v) is 4.87. The summed E-state index contributed by atoms with van der Waals surface area (Å²) in [7, 11) is 3.14. The van der Waals surface area contributed by atoms with E-state index in [-0.39, 0.29) is 5.91 Å². The van der Waals surface area contributed by atoms with Crippen LogP contribution >= 0.6 is 0 Å². The predicted octanol–water partition coefficient (Wildman–Crippen LogP) is 4.49. The molecule has 0 radical (unpaired) electrons. The first-order valence-corrected chi connectivity index (χ1v) is 9.45. The van der Waals surface area contributed by atoms with Gasteiger partial charge in [-0.15, -0.1) is 0 Å². The van der Waals surface area contributed by atoms with Crippen LogP contribution in [0.25, 0.3) is 0 Å². The zero-order chi connectivity index (χ0) is 19.1. The molecule has 1 fully saturated rings. The largest absolute Gasteiger partial charge is 0.493 e. The second kappa shape index (κ2) is 9.26. The maximum atomic E-state index is 12.5. The van der Waals surface area contributed by atoms with Crippen LogP contribution in [0.3, 0.4) is 0 Å². The molecule has 27 heavy (non-hydrogen) atoms. The van der Waals surface area contributed by atoms with Crippen molar-refractivity contribution in [2.24, 2.45) is 0 Å². The minimum atomic E-state index is -0.212. The molecule has 3 rings (SSSR count). The van der Waals surface area contributed by atoms with Crippen LogP contribution in [-0.2, 0) is 0 Å². The van der Waals surface area contributed by atoms with Gasteiger partial charge in [0.2, 0.25) is 0 Å². The van der Waals surface area contributed by atoms with E-state index in [1.807, 2.05) is 6.07 Å². The second-order valence-corrected chi connectivity index (χ2v) is 6.79. The lowest BCUT2D eigenvalue weighted by atomic mass is 10.1. The van der Waals surface area contributed by atoms with Crippen molar-refractivity contribution < 1.29 is 14.3 Å². The van der Waals surface area contributed by atoms with E-state index in [0.717, 1.165) is 5.82 Å². The number of methoxy groups -OCH3 is 2. The van der Waals surface area contributed by atoms with Crippen molar-refractivity contribution in [1.29, 1.82) is 0 Å². The van der Waals surface area contributed by atoms with Crippen molar-refractivity contribution in [3.05, 3.63) is 42.1 Å². The third-order valence-electron chi connectivity index (χ3n) is 4.87. The van der Waals surface area contributed by atoms with Crippen LogP contribution in [-0.4, -0.2) is 31.2 Å². The molecule has 2 N–H and O–H groups in total. The van der Waals surface area contributed by atoms with E-state index in [4.69, 9.17) is 9.47 Å². The highest BCUT2D eigenvalue weighted by Crippen LogP contribution is 2.30. The molecule has 0 spiro atoms. The van der Waals surface area contributed by atoms with Crippen LogP contribution in [0, 0.1) is 0 Å². The van der Waals surface area contributed by atoms with Gasteiger partial charge in [0.05, 0.1) is 19.8 Å². The fourth-order valence-electron chi connectivity index (χ4n) is 3.36. The van der Waals surface area contributed by atoms with E-state index in [1.165, 1.54) is 38.5 Å². The van der Waals surface area contributed by atoms with E-state index in [2.05, 4.69) is 15.6 Å². The molecule has 0 saturated heterocycles. The SMILES string of the molecule is COc1ccc(NC(=O)c2ccc(NC3CCCCCC3)nc2)cc1OC. The van der Waals surface area contributed by atoms with E-state index in [9.17, 15) is 4.79 Å². The summed E-state index contributed by atoms with van der Waals surface area (Å²) in [5.41, 5.74) is 1.15. The number of hydrogen-bond donors (Lipinski definition) is 2. The van der Waals surface area contributed by atoms with E-state index < -0.39 is 0 Å². The average molecular weight is 369 g/mol. The zero-order valence-electron chi connectivity index (χ0n) is 16.0. The number of benzene rings is 1. The zero-order valence-corrected chi connectivity index (χ0v) is 16.0. The van der Waals surface area contributed by atoms with Crippen molar-refractivity contribution >= 4 is 17.4 Å². The molecule has 1 aliphatic rings. The summed E-state index contributed by atoms with van der Waals surface area (Å²) in [5, 5.41) is 6.35. The average Bonchev–Trinajstić information content (AvgIpc) is 2.97. The topological polar surface area (TPSA) is 72.5 Å². The smallest absolute Gasteiger partial charge is 0.257 e. The summed E-state index contributed by atoms with van der Waals surface area (Å²) in [6.45, 7) is 0.